The Bertz CT molecular complexity index is 531. The SMILES string of the molecule is CC(C)c1ccc(CC(O)c2ccccc2N)cc1. The van der Waals surface area contributed by atoms with E-state index in [1.165, 1.54) is 5.56 Å². The third-order valence-electron chi connectivity index (χ3n) is 3.43. The van der Waals surface area contributed by atoms with E-state index >= 15 is 0 Å². The van der Waals surface area contributed by atoms with Gasteiger partial charge in [0.2, 0.25) is 0 Å². The van der Waals surface area contributed by atoms with E-state index in [4.69, 9.17) is 5.73 Å². The average Bonchev–Trinajstić information content (AvgIpc) is 2.39. The fraction of sp³-hybridized carbons (Fsp3) is 0.294. The highest BCUT2D eigenvalue weighted by Gasteiger charge is 2.11. The lowest BCUT2D eigenvalue weighted by molar-refractivity contribution is 0.179. The zero-order valence-corrected chi connectivity index (χ0v) is 11.5. The summed E-state index contributed by atoms with van der Waals surface area (Å²) in [4.78, 5) is 0. The molecule has 0 aromatic heterocycles. The molecule has 0 bridgehead atoms. The van der Waals surface area contributed by atoms with E-state index in [0.717, 1.165) is 11.1 Å². The molecule has 0 fully saturated rings. The minimum absolute atomic E-state index is 0.531. The summed E-state index contributed by atoms with van der Waals surface area (Å²) in [7, 11) is 0. The molecule has 0 aliphatic rings. The van der Waals surface area contributed by atoms with Gasteiger partial charge in [0.15, 0.2) is 0 Å². The van der Waals surface area contributed by atoms with E-state index in [-0.39, 0.29) is 0 Å². The van der Waals surface area contributed by atoms with Gasteiger partial charge in [-0.1, -0.05) is 56.3 Å². The summed E-state index contributed by atoms with van der Waals surface area (Å²) >= 11 is 0. The standard InChI is InChI=1S/C17H21NO/c1-12(2)14-9-7-13(8-10-14)11-17(19)15-5-3-4-6-16(15)18/h3-10,12,17,19H,11,18H2,1-2H3. The van der Waals surface area contributed by atoms with Gasteiger partial charge in [-0.2, -0.15) is 0 Å². The molecular formula is C17H21NO. The molecular weight excluding hydrogens is 234 g/mol. The molecule has 100 valence electrons. The normalized spacial score (nSPS) is 12.6. The third-order valence-corrected chi connectivity index (χ3v) is 3.43. The Balaban J connectivity index is 2.11. The molecule has 0 spiro atoms. The van der Waals surface area contributed by atoms with Crippen molar-refractivity contribution in [3.05, 3.63) is 65.2 Å². The Morgan fingerprint density at radius 3 is 2.21 bits per heavy atom. The lowest BCUT2D eigenvalue weighted by Crippen LogP contribution is -2.05. The molecule has 2 nitrogen and oxygen atoms in total. The molecule has 0 aliphatic heterocycles. The molecule has 19 heavy (non-hydrogen) atoms. The maximum absolute atomic E-state index is 10.3. The molecule has 2 aromatic carbocycles. The first kappa shape index (κ1) is 13.6. The fourth-order valence-corrected chi connectivity index (χ4v) is 2.19. The number of para-hydroxylation sites is 1. The number of benzene rings is 2. The van der Waals surface area contributed by atoms with Gasteiger partial charge < -0.3 is 10.8 Å². The van der Waals surface area contributed by atoms with Crippen molar-refractivity contribution in [1.82, 2.24) is 0 Å². The van der Waals surface area contributed by atoms with Crippen molar-refractivity contribution in [2.75, 3.05) is 5.73 Å². The number of nitrogens with two attached hydrogens (primary N) is 1. The van der Waals surface area contributed by atoms with Gasteiger partial charge in [0.1, 0.15) is 0 Å². The number of hydrogen-bond acceptors (Lipinski definition) is 2. The van der Waals surface area contributed by atoms with Crippen LogP contribution in [0.4, 0.5) is 5.69 Å². The van der Waals surface area contributed by atoms with Crippen LogP contribution in [-0.4, -0.2) is 5.11 Å². The van der Waals surface area contributed by atoms with Crippen LogP contribution in [0.1, 0.15) is 42.6 Å². The highest BCUT2D eigenvalue weighted by Crippen LogP contribution is 2.24. The topological polar surface area (TPSA) is 46.2 Å². The lowest BCUT2D eigenvalue weighted by Gasteiger charge is -2.14. The molecule has 2 aromatic rings. The van der Waals surface area contributed by atoms with E-state index in [1.54, 1.807) is 0 Å². The zero-order chi connectivity index (χ0) is 13.8. The molecule has 2 heteroatoms. The molecule has 1 unspecified atom stereocenters. The Labute approximate surface area is 114 Å². The number of anilines is 1. The van der Waals surface area contributed by atoms with E-state index < -0.39 is 6.10 Å². The van der Waals surface area contributed by atoms with Gasteiger partial charge >= 0.3 is 0 Å². The summed E-state index contributed by atoms with van der Waals surface area (Å²) in [6, 6.07) is 15.9. The molecule has 0 amide bonds. The van der Waals surface area contributed by atoms with Crippen LogP contribution in [0.15, 0.2) is 48.5 Å². The quantitative estimate of drug-likeness (QED) is 0.819. The third kappa shape index (κ3) is 3.36. The summed E-state index contributed by atoms with van der Waals surface area (Å²) in [6.07, 6.45) is 0.0400. The zero-order valence-electron chi connectivity index (χ0n) is 11.5. The van der Waals surface area contributed by atoms with Crippen LogP contribution >= 0.6 is 0 Å². The second-order valence-electron chi connectivity index (χ2n) is 5.25. The van der Waals surface area contributed by atoms with Gasteiger partial charge in [-0.25, -0.2) is 0 Å². The number of aliphatic hydroxyl groups excluding tert-OH is 1. The molecule has 0 aliphatic carbocycles. The number of rotatable bonds is 4. The van der Waals surface area contributed by atoms with Crippen molar-refractivity contribution in [2.45, 2.75) is 32.3 Å². The Kier molecular flexibility index (Phi) is 4.23. The van der Waals surface area contributed by atoms with Gasteiger partial charge in [-0.15, -0.1) is 0 Å². The van der Waals surface area contributed by atoms with Crippen molar-refractivity contribution in [2.24, 2.45) is 0 Å². The van der Waals surface area contributed by atoms with Crippen LogP contribution in [0.5, 0.6) is 0 Å². The van der Waals surface area contributed by atoms with Crippen LogP contribution in [-0.2, 0) is 6.42 Å². The second-order valence-corrected chi connectivity index (χ2v) is 5.25. The van der Waals surface area contributed by atoms with Crippen LogP contribution in [0.2, 0.25) is 0 Å². The van der Waals surface area contributed by atoms with Crippen molar-refractivity contribution in [3.8, 4) is 0 Å². The van der Waals surface area contributed by atoms with E-state index in [0.29, 0.717) is 18.0 Å². The number of aliphatic hydroxyl groups is 1. The maximum Gasteiger partial charge on any atom is 0.0850 e. The predicted molar refractivity (Wildman–Crippen MR) is 80.0 cm³/mol. The number of hydrogen-bond donors (Lipinski definition) is 2. The predicted octanol–water partition coefficient (Wildman–Crippen LogP) is 3.67. The fourth-order valence-electron chi connectivity index (χ4n) is 2.19. The summed E-state index contributed by atoms with van der Waals surface area (Å²) in [5, 5.41) is 10.3. The van der Waals surface area contributed by atoms with Crippen LogP contribution in [0, 0.1) is 0 Å². The van der Waals surface area contributed by atoms with Crippen molar-refractivity contribution >= 4 is 5.69 Å². The molecule has 0 heterocycles. The highest BCUT2D eigenvalue weighted by molar-refractivity contribution is 5.48. The minimum atomic E-state index is -0.550. The second kappa shape index (κ2) is 5.89. The van der Waals surface area contributed by atoms with Gasteiger partial charge in [0, 0.05) is 17.7 Å². The van der Waals surface area contributed by atoms with Gasteiger partial charge in [-0.05, 0) is 23.1 Å². The summed E-state index contributed by atoms with van der Waals surface area (Å²) in [6.45, 7) is 4.35. The summed E-state index contributed by atoms with van der Waals surface area (Å²) in [5.74, 6) is 0.531. The Morgan fingerprint density at radius 1 is 1.00 bits per heavy atom. The van der Waals surface area contributed by atoms with Gasteiger partial charge in [-0.3, -0.25) is 0 Å². The molecule has 1 atom stereocenters. The van der Waals surface area contributed by atoms with Crippen molar-refractivity contribution in [1.29, 1.82) is 0 Å². The summed E-state index contributed by atoms with van der Waals surface area (Å²) in [5.41, 5.74) is 9.77. The van der Waals surface area contributed by atoms with Crippen LogP contribution < -0.4 is 5.73 Å². The van der Waals surface area contributed by atoms with Gasteiger partial charge in [0.05, 0.1) is 6.10 Å². The first-order valence-electron chi connectivity index (χ1n) is 6.69. The van der Waals surface area contributed by atoms with E-state index in [1.807, 2.05) is 24.3 Å². The summed E-state index contributed by atoms with van der Waals surface area (Å²) < 4.78 is 0. The lowest BCUT2D eigenvalue weighted by atomic mass is 9.97. The van der Waals surface area contributed by atoms with E-state index in [9.17, 15) is 5.11 Å². The molecule has 0 saturated carbocycles. The average molecular weight is 255 g/mol. The molecule has 2 rings (SSSR count). The highest BCUT2D eigenvalue weighted by atomic mass is 16.3. The maximum atomic E-state index is 10.3. The minimum Gasteiger partial charge on any atom is -0.398 e. The van der Waals surface area contributed by atoms with Gasteiger partial charge in [0.25, 0.3) is 0 Å². The molecule has 3 N–H and O–H groups in total. The Morgan fingerprint density at radius 2 is 1.63 bits per heavy atom. The number of nitrogen functional groups attached to an aromatic ring is 1. The monoisotopic (exact) mass is 255 g/mol. The molecule has 0 radical (unpaired) electrons. The van der Waals surface area contributed by atoms with Crippen molar-refractivity contribution < 1.29 is 5.11 Å². The largest absolute Gasteiger partial charge is 0.398 e. The van der Waals surface area contributed by atoms with Crippen LogP contribution in [0.25, 0.3) is 0 Å². The molecule has 0 saturated heterocycles. The van der Waals surface area contributed by atoms with Crippen molar-refractivity contribution in [3.63, 3.8) is 0 Å². The Hall–Kier alpha value is -1.80. The van der Waals surface area contributed by atoms with E-state index in [2.05, 4.69) is 38.1 Å². The van der Waals surface area contributed by atoms with Crippen LogP contribution in [0.3, 0.4) is 0 Å². The smallest absolute Gasteiger partial charge is 0.0850 e. The first-order chi connectivity index (χ1) is 9.08. The first-order valence-corrected chi connectivity index (χ1v) is 6.69.